The summed E-state index contributed by atoms with van der Waals surface area (Å²) in [5.74, 6) is -0.754. The van der Waals surface area contributed by atoms with Gasteiger partial charge < -0.3 is 10.8 Å². The van der Waals surface area contributed by atoms with Crippen molar-refractivity contribution in [3.8, 4) is 5.75 Å². The summed E-state index contributed by atoms with van der Waals surface area (Å²) < 4.78 is 13.6. The van der Waals surface area contributed by atoms with E-state index in [0.29, 0.717) is 12.1 Å². The minimum Gasteiger partial charge on any atom is -0.506 e. The number of phenols is 1. The first-order valence-corrected chi connectivity index (χ1v) is 4.86. The molecule has 0 atom stereocenters. The zero-order valence-electron chi connectivity index (χ0n) is 7.56. The summed E-state index contributed by atoms with van der Waals surface area (Å²) in [6, 6.07) is 2.98. The molecule has 0 bridgehead atoms. The van der Waals surface area contributed by atoms with Crippen LogP contribution in [0.2, 0.25) is 5.02 Å². The average Bonchev–Trinajstić information content (AvgIpc) is 2.95. The van der Waals surface area contributed by atoms with Crippen molar-refractivity contribution < 1.29 is 9.50 Å². The molecule has 1 aromatic carbocycles. The van der Waals surface area contributed by atoms with E-state index >= 15 is 0 Å². The molecule has 0 aromatic heterocycles. The van der Waals surface area contributed by atoms with Gasteiger partial charge in [-0.3, -0.25) is 0 Å². The molecule has 0 aliphatic heterocycles. The van der Waals surface area contributed by atoms with Gasteiger partial charge in [0, 0.05) is 12.0 Å². The van der Waals surface area contributed by atoms with E-state index in [9.17, 15) is 9.50 Å². The molecule has 0 radical (unpaired) electrons. The van der Waals surface area contributed by atoms with Gasteiger partial charge in [0.15, 0.2) is 0 Å². The van der Waals surface area contributed by atoms with Gasteiger partial charge in [0.05, 0.1) is 0 Å². The molecule has 0 spiro atoms. The monoisotopic (exact) mass is 215 g/mol. The van der Waals surface area contributed by atoms with Crippen molar-refractivity contribution in [1.82, 2.24) is 0 Å². The molecule has 0 amide bonds. The number of benzene rings is 1. The number of hydrogen-bond donors (Lipinski definition) is 2. The molecule has 1 aromatic rings. The number of rotatable bonds is 2. The minimum absolute atomic E-state index is 0.206. The van der Waals surface area contributed by atoms with E-state index in [1.54, 1.807) is 6.07 Å². The molecule has 1 aliphatic carbocycles. The zero-order valence-corrected chi connectivity index (χ0v) is 8.31. The lowest BCUT2D eigenvalue weighted by Gasteiger charge is -2.14. The Morgan fingerprint density at radius 3 is 2.64 bits per heavy atom. The van der Waals surface area contributed by atoms with Crippen molar-refractivity contribution in [1.29, 1.82) is 0 Å². The Labute approximate surface area is 86.5 Å². The van der Waals surface area contributed by atoms with Gasteiger partial charge in [-0.15, -0.1) is 0 Å². The fraction of sp³-hybridized carbons (Fsp3) is 0.400. The van der Waals surface area contributed by atoms with Crippen molar-refractivity contribution in [3.63, 3.8) is 0 Å². The van der Waals surface area contributed by atoms with Crippen LogP contribution in [0.1, 0.15) is 18.4 Å². The molecule has 76 valence electrons. The Hall–Kier alpha value is -0.800. The van der Waals surface area contributed by atoms with E-state index in [1.165, 1.54) is 6.07 Å². The highest BCUT2D eigenvalue weighted by molar-refractivity contribution is 6.32. The number of hydrogen-bond acceptors (Lipinski definition) is 2. The molecule has 3 N–H and O–H groups in total. The maximum atomic E-state index is 13.6. The largest absolute Gasteiger partial charge is 0.506 e. The Kier molecular flexibility index (Phi) is 2.16. The Morgan fingerprint density at radius 1 is 1.50 bits per heavy atom. The molecule has 1 fully saturated rings. The second-order valence-electron chi connectivity index (χ2n) is 3.74. The minimum atomic E-state index is -0.533. The van der Waals surface area contributed by atoms with Gasteiger partial charge in [-0.25, -0.2) is 4.39 Å². The van der Waals surface area contributed by atoms with Crippen LogP contribution in [0.15, 0.2) is 12.1 Å². The van der Waals surface area contributed by atoms with Crippen LogP contribution in [0.3, 0.4) is 0 Å². The van der Waals surface area contributed by atoms with E-state index < -0.39 is 5.82 Å². The normalized spacial score (nSPS) is 18.2. The number of phenolic OH excluding ortho intramolecular Hbond substituents is 1. The van der Waals surface area contributed by atoms with Crippen LogP contribution in [-0.4, -0.2) is 11.7 Å². The SMILES string of the molecule is NCC1(c2ccc(O)c(Cl)c2F)CC1. The molecule has 0 saturated heterocycles. The molecular formula is C10H11ClFNO. The average molecular weight is 216 g/mol. The standard InChI is InChI=1S/C10H11ClFNO/c11-8-7(14)2-1-6(9(8)12)10(5-13)3-4-10/h1-2,14H,3-5,13H2. The number of halogens is 2. The van der Waals surface area contributed by atoms with Crippen LogP contribution in [0.5, 0.6) is 5.75 Å². The van der Waals surface area contributed by atoms with E-state index in [2.05, 4.69) is 0 Å². The highest BCUT2D eigenvalue weighted by Crippen LogP contribution is 2.49. The summed E-state index contributed by atoms with van der Waals surface area (Å²) in [6.07, 6.45) is 1.78. The molecule has 2 nitrogen and oxygen atoms in total. The van der Waals surface area contributed by atoms with E-state index in [0.717, 1.165) is 12.8 Å². The molecule has 2 rings (SSSR count). The summed E-state index contributed by atoms with van der Waals surface area (Å²) >= 11 is 5.61. The fourth-order valence-corrected chi connectivity index (χ4v) is 1.85. The van der Waals surface area contributed by atoms with Gasteiger partial charge in [0.2, 0.25) is 0 Å². The van der Waals surface area contributed by atoms with Crippen molar-refractivity contribution in [2.24, 2.45) is 5.73 Å². The molecule has 0 unspecified atom stereocenters. The maximum absolute atomic E-state index is 13.6. The van der Waals surface area contributed by atoms with Gasteiger partial charge in [0.1, 0.15) is 16.6 Å². The predicted molar refractivity (Wildman–Crippen MR) is 53.0 cm³/mol. The first kappa shape index (κ1) is 9.74. The third-order valence-electron chi connectivity index (χ3n) is 2.88. The third-order valence-corrected chi connectivity index (χ3v) is 3.24. The fourth-order valence-electron chi connectivity index (χ4n) is 1.68. The molecule has 4 heteroatoms. The molecule has 1 saturated carbocycles. The highest BCUT2D eigenvalue weighted by atomic mass is 35.5. The second-order valence-corrected chi connectivity index (χ2v) is 4.12. The second kappa shape index (κ2) is 3.11. The first-order chi connectivity index (χ1) is 6.60. The van der Waals surface area contributed by atoms with Crippen LogP contribution in [-0.2, 0) is 5.41 Å². The summed E-state index contributed by atoms with van der Waals surface area (Å²) in [5.41, 5.74) is 5.88. The predicted octanol–water partition coefficient (Wildman–Crippen LogP) is 2.17. The van der Waals surface area contributed by atoms with Gasteiger partial charge >= 0.3 is 0 Å². The van der Waals surface area contributed by atoms with Crippen LogP contribution in [0.4, 0.5) is 4.39 Å². The van der Waals surface area contributed by atoms with Crippen LogP contribution >= 0.6 is 11.6 Å². The quantitative estimate of drug-likeness (QED) is 0.794. The van der Waals surface area contributed by atoms with Crippen molar-refractivity contribution in [2.45, 2.75) is 18.3 Å². The van der Waals surface area contributed by atoms with Crippen LogP contribution in [0.25, 0.3) is 0 Å². The molecule has 14 heavy (non-hydrogen) atoms. The van der Waals surface area contributed by atoms with E-state index in [1.807, 2.05) is 0 Å². The zero-order chi connectivity index (χ0) is 10.3. The van der Waals surface area contributed by atoms with Gasteiger partial charge in [-0.05, 0) is 24.5 Å². The topological polar surface area (TPSA) is 46.2 Å². The van der Waals surface area contributed by atoms with Gasteiger partial charge in [0.25, 0.3) is 0 Å². The Morgan fingerprint density at radius 2 is 2.14 bits per heavy atom. The smallest absolute Gasteiger partial charge is 0.149 e. The Balaban J connectivity index is 2.50. The number of nitrogens with two attached hydrogens (primary N) is 1. The lowest BCUT2D eigenvalue weighted by molar-refractivity contribution is 0.466. The van der Waals surface area contributed by atoms with Gasteiger partial charge in [-0.2, -0.15) is 0 Å². The van der Waals surface area contributed by atoms with Gasteiger partial charge in [-0.1, -0.05) is 17.7 Å². The highest BCUT2D eigenvalue weighted by Gasteiger charge is 2.45. The molecule has 0 heterocycles. The summed E-state index contributed by atoms with van der Waals surface area (Å²) in [6.45, 7) is 0.422. The summed E-state index contributed by atoms with van der Waals surface area (Å²) in [7, 11) is 0. The maximum Gasteiger partial charge on any atom is 0.149 e. The summed E-state index contributed by atoms with van der Waals surface area (Å²) in [5, 5.41) is 8.97. The number of aromatic hydroxyl groups is 1. The van der Waals surface area contributed by atoms with Crippen molar-refractivity contribution in [3.05, 3.63) is 28.5 Å². The van der Waals surface area contributed by atoms with Crippen molar-refractivity contribution in [2.75, 3.05) is 6.54 Å². The first-order valence-electron chi connectivity index (χ1n) is 4.48. The van der Waals surface area contributed by atoms with E-state index in [-0.39, 0.29) is 16.2 Å². The third kappa shape index (κ3) is 1.28. The Bertz CT molecular complexity index is 377. The molecule has 1 aliphatic rings. The van der Waals surface area contributed by atoms with Crippen LogP contribution in [0, 0.1) is 5.82 Å². The molecular weight excluding hydrogens is 205 g/mol. The summed E-state index contributed by atoms with van der Waals surface area (Å²) in [4.78, 5) is 0. The van der Waals surface area contributed by atoms with Crippen molar-refractivity contribution >= 4 is 11.6 Å². The lowest BCUT2D eigenvalue weighted by atomic mass is 9.95. The van der Waals surface area contributed by atoms with E-state index in [4.69, 9.17) is 17.3 Å². The van der Waals surface area contributed by atoms with Crippen LogP contribution < -0.4 is 5.73 Å². The lowest BCUT2D eigenvalue weighted by Crippen LogP contribution is -2.21.